The number of nitrogens with one attached hydrogen (secondary N) is 1. The summed E-state index contributed by atoms with van der Waals surface area (Å²) in [4.78, 5) is 10.4. The average molecular weight is 119 g/mol. The van der Waals surface area contributed by atoms with E-state index >= 15 is 0 Å². The van der Waals surface area contributed by atoms with E-state index in [4.69, 9.17) is 0 Å². The average Bonchev–Trinajstić information content (AvgIpc) is 1.69. The van der Waals surface area contributed by atoms with E-state index in [2.05, 4.69) is 5.32 Å². The summed E-state index contributed by atoms with van der Waals surface area (Å²) >= 11 is 0. The molecular formula is C5H10FNO. The standard InChI is InChI=1S/C5H9NO.FH/c7-5-1-3-6-4-2-5;/h6H,1-4H2;1H. The van der Waals surface area contributed by atoms with Gasteiger partial charge in [-0.3, -0.25) is 9.50 Å². The number of Topliss-reactive ketones (excluding diaryl/α,β-unsaturated/α-hetero) is 1. The highest BCUT2D eigenvalue weighted by molar-refractivity contribution is 5.79. The first-order valence-corrected chi connectivity index (χ1v) is 2.62. The second kappa shape index (κ2) is 3.55. The van der Waals surface area contributed by atoms with Crippen LogP contribution in [0.1, 0.15) is 12.8 Å². The minimum Gasteiger partial charge on any atom is -0.316 e. The van der Waals surface area contributed by atoms with Crippen molar-refractivity contribution in [1.82, 2.24) is 5.32 Å². The maximum atomic E-state index is 10.4. The van der Waals surface area contributed by atoms with E-state index in [9.17, 15) is 4.79 Å². The third-order valence-corrected chi connectivity index (χ3v) is 1.16. The summed E-state index contributed by atoms with van der Waals surface area (Å²) in [6.07, 6.45) is 1.47. The molecule has 48 valence electrons. The van der Waals surface area contributed by atoms with Gasteiger partial charge in [0.15, 0.2) is 0 Å². The third kappa shape index (κ3) is 2.02. The van der Waals surface area contributed by atoms with Crippen LogP contribution in [0.2, 0.25) is 0 Å². The van der Waals surface area contributed by atoms with Crippen molar-refractivity contribution >= 4 is 5.78 Å². The molecule has 8 heavy (non-hydrogen) atoms. The molecule has 0 aromatic carbocycles. The first kappa shape index (κ1) is 7.56. The normalized spacial score (nSPS) is 19.8. The molecule has 0 unspecified atom stereocenters. The molecule has 0 aliphatic carbocycles. The van der Waals surface area contributed by atoms with Crippen LogP contribution < -0.4 is 5.32 Å². The molecule has 0 amide bonds. The second-order valence-electron chi connectivity index (χ2n) is 1.79. The number of halogens is 1. The molecule has 1 aliphatic heterocycles. The maximum absolute atomic E-state index is 10.4. The lowest BCUT2D eigenvalue weighted by atomic mass is 10.1. The van der Waals surface area contributed by atoms with Crippen molar-refractivity contribution in [2.45, 2.75) is 12.8 Å². The molecule has 2 nitrogen and oxygen atoms in total. The quantitative estimate of drug-likeness (QED) is 0.489. The number of piperidine rings is 1. The van der Waals surface area contributed by atoms with Gasteiger partial charge in [-0.05, 0) is 0 Å². The van der Waals surface area contributed by atoms with Gasteiger partial charge in [-0.2, -0.15) is 0 Å². The highest BCUT2D eigenvalue weighted by atomic mass is 19.0. The van der Waals surface area contributed by atoms with Crippen LogP contribution in [-0.2, 0) is 4.79 Å². The predicted molar refractivity (Wildman–Crippen MR) is 29.6 cm³/mol. The van der Waals surface area contributed by atoms with Crippen molar-refractivity contribution in [3.8, 4) is 0 Å². The Kier molecular flexibility index (Phi) is 3.35. The first-order chi connectivity index (χ1) is 3.39. The molecule has 1 rings (SSSR count). The van der Waals surface area contributed by atoms with E-state index in [1.54, 1.807) is 0 Å². The van der Waals surface area contributed by atoms with E-state index in [1.165, 1.54) is 0 Å². The molecule has 0 atom stereocenters. The maximum Gasteiger partial charge on any atom is 0.135 e. The van der Waals surface area contributed by atoms with Crippen molar-refractivity contribution in [3.05, 3.63) is 0 Å². The van der Waals surface area contributed by atoms with E-state index in [-0.39, 0.29) is 4.70 Å². The van der Waals surface area contributed by atoms with Gasteiger partial charge in [0.05, 0.1) is 0 Å². The van der Waals surface area contributed by atoms with Crippen molar-refractivity contribution in [2.75, 3.05) is 13.1 Å². The minimum absolute atomic E-state index is 0. The minimum atomic E-state index is 0. The van der Waals surface area contributed by atoms with Crippen LogP contribution in [-0.4, -0.2) is 18.9 Å². The van der Waals surface area contributed by atoms with Crippen LogP contribution in [0.15, 0.2) is 0 Å². The lowest BCUT2D eigenvalue weighted by Gasteiger charge is -2.08. The summed E-state index contributed by atoms with van der Waals surface area (Å²) in [5, 5.41) is 3.09. The zero-order valence-electron chi connectivity index (χ0n) is 4.64. The largest absolute Gasteiger partial charge is 0.316 e. The van der Waals surface area contributed by atoms with E-state index < -0.39 is 0 Å². The number of carbonyl (C=O) groups is 1. The Bertz CT molecular complexity index is 76.5. The predicted octanol–water partition coefficient (Wildman–Crippen LogP) is 0.0914. The summed E-state index contributed by atoms with van der Waals surface area (Å²) in [7, 11) is 0. The second-order valence-corrected chi connectivity index (χ2v) is 1.79. The van der Waals surface area contributed by atoms with Crippen LogP contribution in [0, 0.1) is 0 Å². The Morgan fingerprint density at radius 1 is 1.25 bits per heavy atom. The van der Waals surface area contributed by atoms with Crippen LogP contribution in [0.3, 0.4) is 0 Å². The van der Waals surface area contributed by atoms with Crippen LogP contribution in [0.4, 0.5) is 4.70 Å². The molecule has 0 aromatic heterocycles. The van der Waals surface area contributed by atoms with Crippen LogP contribution >= 0.6 is 0 Å². The van der Waals surface area contributed by atoms with E-state index in [0.29, 0.717) is 5.78 Å². The molecule has 0 saturated carbocycles. The zero-order chi connectivity index (χ0) is 5.11. The van der Waals surface area contributed by atoms with Gasteiger partial charge in [-0.25, -0.2) is 0 Å². The summed E-state index contributed by atoms with van der Waals surface area (Å²) in [5.74, 6) is 0.402. The van der Waals surface area contributed by atoms with E-state index in [0.717, 1.165) is 25.9 Å². The van der Waals surface area contributed by atoms with Gasteiger partial charge in [0.1, 0.15) is 5.78 Å². The third-order valence-electron chi connectivity index (χ3n) is 1.16. The Morgan fingerprint density at radius 3 is 2.00 bits per heavy atom. The fourth-order valence-electron chi connectivity index (χ4n) is 0.706. The van der Waals surface area contributed by atoms with Crippen molar-refractivity contribution in [2.24, 2.45) is 0 Å². The Labute approximate surface area is 47.6 Å². The lowest BCUT2D eigenvalue weighted by Crippen LogP contribution is -2.27. The molecule has 0 radical (unpaired) electrons. The Hall–Kier alpha value is -0.440. The monoisotopic (exact) mass is 119 g/mol. The van der Waals surface area contributed by atoms with Crippen molar-refractivity contribution < 1.29 is 9.50 Å². The molecule has 3 heteroatoms. The van der Waals surface area contributed by atoms with Gasteiger partial charge >= 0.3 is 0 Å². The fourth-order valence-corrected chi connectivity index (χ4v) is 0.706. The van der Waals surface area contributed by atoms with E-state index in [1.807, 2.05) is 0 Å². The number of rotatable bonds is 0. The smallest absolute Gasteiger partial charge is 0.135 e. The Balaban J connectivity index is 0.000000490. The number of hydrogen-bond acceptors (Lipinski definition) is 2. The van der Waals surface area contributed by atoms with Gasteiger partial charge in [-0.1, -0.05) is 0 Å². The number of ketones is 1. The van der Waals surface area contributed by atoms with Gasteiger partial charge in [0.2, 0.25) is 0 Å². The number of carbonyl (C=O) groups excluding carboxylic acids is 1. The highest BCUT2D eigenvalue weighted by Gasteiger charge is 2.04. The lowest BCUT2D eigenvalue weighted by molar-refractivity contribution is -0.119. The summed E-state index contributed by atoms with van der Waals surface area (Å²) in [5.41, 5.74) is 0. The van der Waals surface area contributed by atoms with Crippen LogP contribution in [0.5, 0.6) is 0 Å². The molecule has 1 N–H and O–H groups in total. The Morgan fingerprint density at radius 2 is 1.75 bits per heavy atom. The molecule has 1 heterocycles. The van der Waals surface area contributed by atoms with Crippen LogP contribution in [0.25, 0.3) is 0 Å². The summed E-state index contributed by atoms with van der Waals surface area (Å²) in [6.45, 7) is 1.78. The molecule has 0 spiro atoms. The van der Waals surface area contributed by atoms with Gasteiger partial charge in [0, 0.05) is 25.9 Å². The molecule has 1 aliphatic rings. The molecule has 1 saturated heterocycles. The fraction of sp³-hybridized carbons (Fsp3) is 0.800. The van der Waals surface area contributed by atoms with Gasteiger partial charge in [0.25, 0.3) is 0 Å². The SMILES string of the molecule is F.O=C1CCNCC1. The highest BCUT2D eigenvalue weighted by Crippen LogP contribution is 1.91. The summed E-state index contributed by atoms with van der Waals surface area (Å²) < 4.78 is 0. The van der Waals surface area contributed by atoms with Crippen molar-refractivity contribution in [3.63, 3.8) is 0 Å². The van der Waals surface area contributed by atoms with Gasteiger partial charge < -0.3 is 5.32 Å². The summed E-state index contributed by atoms with van der Waals surface area (Å²) in [6, 6.07) is 0. The molecule has 0 aromatic rings. The number of hydrogen-bond donors (Lipinski definition) is 1. The first-order valence-electron chi connectivity index (χ1n) is 2.62. The molecule has 0 bridgehead atoms. The van der Waals surface area contributed by atoms with Crippen molar-refractivity contribution in [1.29, 1.82) is 0 Å². The molecule has 1 fully saturated rings. The van der Waals surface area contributed by atoms with Gasteiger partial charge in [-0.15, -0.1) is 0 Å². The zero-order valence-corrected chi connectivity index (χ0v) is 4.64. The molecular weight excluding hydrogens is 109 g/mol. The topological polar surface area (TPSA) is 29.1 Å².